The van der Waals surface area contributed by atoms with Gasteiger partial charge in [0.25, 0.3) is 0 Å². The van der Waals surface area contributed by atoms with Crippen LogP contribution in [0, 0.1) is 6.92 Å². The lowest BCUT2D eigenvalue weighted by Gasteiger charge is -2.06. The first-order valence-corrected chi connectivity index (χ1v) is 6.19. The van der Waals surface area contributed by atoms with Gasteiger partial charge in [-0.1, -0.05) is 22.9 Å². The van der Waals surface area contributed by atoms with Gasteiger partial charge in [0.05, 0.1) is 16.4 Å². The molecule has 5 heteroatoms. The van der Waals surface area contributed by atoms with E-state index in [9.17, 15) is 4.79 Å². The third kappa shape index (κ3) is 3.38. The van der Waals surface area contributed by atoms with Gasteiger partial charge in [0.1, 0.15) is 0 Å². The van der Waals surface area contributed by atoms with Crippen LogP contribution in [0.4, 0.5) is 0 Å². The maximum absolute atomic E-state index is 11.4. The molecular weight excluding hydrogens is 264 g/mol. The van der Waals surface area contributed by atoms with E-state index >= 15 is 0 Å². The Bertz CT molecular complexity index is 314. The van der Waals surface area contributed by atoms with Crippen LogP contribution in [-0.2, 0) is 11.3 Å². The van der Waals surface area contributed by atoms with Crippen molar-refractivity contribution in [2.24, 2.45) is 0 Å². The fourth-order valence-corrected chi connectivity index (χ4v) is 1.85. The molecule has 1 atom stereocenters. The molecule has 78 valence electrons. The zero-order chi connectivity index (χ0) is 10.6. The van der Waals surface area contributed by atoms with Crippen molar-refractivity contribution in [3.8, 4) is 0 Å². The van der Waals surface area contributed by atoms with Gasteiger partial charge in [-0.05, 0) is 13.3 Å². The Morgan fingerprint density at radius 2 is 2.50 bits per heavy atom. The maximum atomic E-state index is 11.4. The van der Waals surface area contributed by atoms with Gasteiger partial charge < -0.3 is 5.32 Å². The predicted molar refractivity (Wildman–Crippen MR) is 61.7 cm³/mol. The van der Waals surface area contributed by atoms with E-state index in [1.54, 1.807) is 17.5 Å². The Morgan fingerprint density at radius 1 is 1.79 bits per heavy atom. The lowest BCUT2D eigenvalue weighted by molar-refractivity contribution is -0.120. The molecule has 1 aromatic rings. The summed E-state index contributed by atoms with van der Waals surface area (Å²) in [5.41, 5.74) is 0. The van der Waals surface area contributed by atoms with Crippen molar-refractivity contribution in [2.75, 3.05) is 0 Å². The highest BCUT2D eigenvalue weighted by atomic mass is 79.9. The van der Waals surface area contributed by atoms with Gasteiger partial charge in [0.15, 0.2) is 0 Å². The molecule has 0 saturated carbocycles. The molecule has 0 aromatic carbocycles. The van der Waals surface area contributed by atoms with Crippen molar-refractivity contribution >= 4 is 33.2 Å². The Hall–Kier alpha value is -0.420. The topological polar surface area (TPSA) is 42.0 Å². The van der Waals surface area contributed by atoms with Crippen LogP contribution in [-0.4, -0.2) is 15.7 Å². The van der Waals surface area contributed by atoms with E-state index in [0.29, 0.717) is 6.54 Å². The predicted octanol–water partition coefficient (Wildman–Crippen LogP) is 2.24. The normalized spacial score (nSPS) is 12.5. The van der Waals surface area contributed by atoms with E-state index in [-0.39, 0.29) is 10.7 Å². The SMILES string of the molecule is CCC(Br)C(=O)NCc1cnc(C)s1. The van der Waals surface area contributed by atoms with E-state index in [2.05, 4.69) is 26.2 Å². The van der Waals surface area contributed by atoms with Crippen molar-refractivity contribution in [3.05, 3.63) is 16.1 Å². The molecule has 1 unspecified atom stereocenters. The number of aromatic nitrogens is 1. The second-order valence-corrected chi connectivity index (χ2v) is 5.36. The van der Waals surface area contributed by atoms with Crippen LogP contribution >= 0.6 is 27.3 Å². The molecule has 1 heterocycles. The maximum Gasteiger partial charge on any atom is 0.234 e. The van der Waals surface area contributed by atoms with E-state index in [0.717, 1.165) is 16.3 Å². The fourth-order valence-electron chi connectivity index (χ4n) is 0.957. The van der Waals surface area contributed by atoms with E-state index < -0.39 is 0 Å². The summed E-state index contributed by atoms with van der Waals surface area (Å²) in [7, 11) is 0. The minimum absolute atomic E-state index is 0.0403. The third-order valence-corrected chi connectivity index (χ3v) is 3.72. The number of aryl methyl sites for hydroxylation is 1. The van der Waals surface area contributed by atoms with Gasteiger partial charge >= 0.3 is 0 Å². The summed E-state index contributed by atoms with van der Waals surface area (Å²) in [6.07, 6.45) is 2.60. The van der Waals surface area contributed by atoms with Crippen LogP contribution in [0.15, 0.2) is 6.20 Å². The number of hydrogen-bond acceptors (Lipinski definition) is 3. The quantitative estimate of drug-likeness (QED) is 0.858. The van der Waals surface area contributed by atoms with Crippen molar-refractivity contribution < 1.29 is 4.79 Å². The number of nitrogens with zero attached hydrogens (tertiary/aromatic N) is 1. The molecular formula is C9H13BrN2OS. The number of amides is 1. The summed E-state index contributed by atoms with van der Waals surface area (Å²) in [6.45, 7) is 4.50. The van der Waals surface area contributed by atoms with E-state index in [4.69, 9.17) is 0 Å². The zero-order valence-electron chi connectivity index (χ0n) is 8.21. The van der Waals surface area contributed by atoms with Crippen molar-refractivity contribution in [1.29, 1.82) is 0 Å². The summed E-state index contributed by atoms with van der Waals surface area (Å²) in [5.74, 6) is 0.0403. The van der Waals surface area contributed by atoms with Crippen LogP contribution < -0.4 is 5.32 Å². The molecule has 0 fully saturated rings. The van der Waals surface area contributed by atoms with Crippen molar-refractivity contribution in [2.45, 2.75) is 31.6 Å². The Kier molecular flexibility index (Phi) is 4.54. The van der Waals surface area contributed by atoms with Crippen LogP contribution in [0.3, 0.4) is 0 Å². The summed E-state index contributed by atoms with van der Waals surface area (Å²) >= 11 is 4.90. The molecule has 0 aliphatic heterocycles. The number of thiazole rings is 1. The van der Waals surface area contributed by atoms with Gasteiger partial charge in [0, 0.05) is 11.1 Å². The average molecular weight is 277 g/mol. The lowest BCUT2D eigenvalue weighted by Crippen LogP contribution is -2.29. The second-order valence-electron chi connectivity index (χ2n) is 2.94. The first kappa shape index (κ1) is 11.7. The molecule has 0 aliphatic rings. The molecule has 1 N–H and O–H groups in total. The van der Waals surface area contributed by atoms with Crippen molar-refractivity contribution in [1.82, 2.24) is 10.3 Å². The van der Waals surface area contributed by atoms with Crippen LogP contribution in [0.1, 0.15) is 23.2 Å². The molecule has 0 spiro atoms. The molecule has 14 heavy (non-hydrogen) atoms. The number of rotatable bonds is 4. The summed E-state index contributed by atoms with van der Waals surface area (Å²) < 4.78 is 0. The van der Waals surface area contributed by atoms with Crippen molar-refractivity contribution in [3.63, 3.8) is 0 Å². The van der Waals surface area contributed by atoms with Crippen LogP contribution in [0.5, 0.6) is 0 Å². The first-order valence-electron chi connectivity index (χ1n) is 4.46. The van der Waals surface area contributed by atoms with Gasteiger partial charge in [-0.25, -0.2) is 4.98 Å². The smallest absolute Gasteiger partial charge is 0.234 e. The molecule has 0 aliphatic carbocycles. The highest BCUT2D eigenvalue weighted by molar-refractivity contribution is 9.10. The summed E-state index contributed by atoms with van der Waals surface area (Å²) in [5, 5.41) is 3.88. The first-order chi connectivity index (χ1) is 6.63. The van der Waals surface area contributed by atoms with Gasteiger partial charge in [0.2, 0.25) is 5.91 Å². The van der Waals surface area contributed by atoms with Crippen LogP contribution in [0.2, 0.25) is 0 Å². The van der Waals surface area contributed by atoms with Crippen LogP contribution in [0.25, 0.3) is 0 Å². The van der Waals surface area contributed by atoms with E-state index in [1.807, 2.05) is 13.8 Å². The Balaban J connectivity index is 2.37. The number of carbonyl (C=O) groups excluding carboxylic acids is 1. The zero-order valence-corrected chi connectivity index (χ0v) is 10.6. The molecule has 0 radical (unpaired) electrons. The number of halogens is 1. The minimum atomic E-state index is -0.0866. The summed E-state index contributed by atoms with van der Waals surface area (Å²) in [6, 6.07) is 0. The molecule has 3 nitrogen and oxygen atoms in total. The number of alkyl halides is 1. The molecule has 1 amide bonds. The summed E-state index contributed by atoms with van der Waals surface area (Å²) in [4.78, 5) is 16.5. The standard InChI is InChI=1S/C9H13BrN2OS/c1-3-8(10)9(13)12-5-7-4-11-6(2)14-7/h4,8H,3,5H2,1-2H3,(H,12,13). The Morgan fingerprint density at radius 3 is 3.00 bits per heavy atom. The molecule has 0 bridgehead atoms. The molecule has 0 saturated heterocycles. The van der Waals surface area contributed by atoms with Gasteiger partial charge in [-0.15, -0.1) is 11.3 Å². The molecule has 1 rings (SSSR count). The number of hydrogen-bond donors (Lipinski definition) is 1. The third-order valence-electron chi connectivity index (χ3n) is 1.75. The average Bonchev–Trinajstić information content (AvgIpc) is 2.59. The lowest BCUT2D eigenvalue weighted by atomic mass is 10.3. The highest BCUT2D eigenvalue weighted by Crippen LogP contribution is 2.11. The highest BCUT2D eigenvalue weighted by Gasteiger charge is 2.11. The van der Waals surface area contributed by atoms with Gasteiger partial charge in [-0.3, -0.25) is 4.79 Å². The van der Waals surface area contributed by atoms with E-state index in [1.165, 1.54) is 0 Å². The second kappa shape index (κ2) is 5.46. The Labute approximate surface area is 96.1 Å². The molecule has 1 aromatic heterocycles. The number of nitrogens with one attached hydrogen (secondary N) is 1. The fraction of sp³-hybridized carbons (Fsp3) is 0.556. The van der Waals surface area contributed by atoms with Gasteiger partial charge in [-0.2, -0.15) is 0 Å². The largest absolute Gasteiger partial charge is 0.350 e. The minimum Gasteiger partial charge on any atom is -0.350 e. The number of carbonyl (C=O) groups is 1. The monoisotopic (exact) mass is 276 g/mol.